The Labute approximate surface area is 231 Å². The number of piperidine rings is 1. The molecule has 2 aromatic heterocycles. The van der Waals surface area contributed by atoms with Gasteiger partial charge in [-0.2, -0.15) is 0 Å². The van der Waals surface area contributed by atoms with Crippen molar-refractivity contribution in [2.45, 2.75) is 37.5 Å². The molecule has 1 aliphatic rings. The van der Waals surface area contributed by atoms with Gasteiger partial charge in [0.1, 0.15) is 22.7 Å². The van der Waals surface area contributed by atoms with E-state index in [1.807, 2.05) is 54.6 Å². The van der Waals surface area contributed by atoms with Gasteiger partial charge in [-0.25, -0.2) is 0 Å². The Morgan fingerprint density at radius 3 is 2.56 bits per heavy atom. The van der Waals surface area contributed by atoms with Gasteiger partial charge >= 0.3 is 0 Å². The summed E-state index contributed by atoms with van der Waals surface area (Å²) in [5, 5.41) is 14.7. The van der Waals surface area contributed by atoms with Crippen LogP contribution in [0.1, 0.15) is 30.7 Å². The van der Waals surface area contributed by atoms with Crippen LogP contribution in [0.25, 0.3) is 21.9 Å². The zero-order chi connectivity index (χ0) is 26.6. The first-order valence-electron chi connectivity index (χ1n) is 13.3. The van der Waals surface area contributed by atoms with E-state index in [0.717, 1.165) is 47.0 Å². The fourth-order valence-electron chi connectivity index (χ4n) is 5.12. The summed E-state index contributed by atoms with van der Waals surface area (Å²) in [7, 11) is 1.60. The van der Waals surface area contributed by atoms with E-state index in [4.69, 9.17) is 9.15 Å². The van der Waals surface area contributed by atoms with E-state index < -0.39 is 0 Å². The number of methoxy groups -OCH3 is 1. The summed E-state index contributed by atoms with van der Waals surface area (Å²) >= 11 is 1.39. The molecule has 3 heterocycles. The number of carbonyl (C=O) groups excluding carboxylic acids is 1. The number of nitrogens with zero attached hydrogens (tertiary/aromatic N) is 4. The number of rotatable bonds is 9. The van der Waals surface area contributed by atoms with Crippen molar-refractivity contribution in [2.24, 2.45) is 0 Å². The lowest BCUT2D eigenvalue weighted by Crippen LogP contribution is -2.30. The van der Waals surface area contributed by atoms with Crippen molar-refractivity contribution in [1.82, 2.24) is 19.7 Å². The largest absolute Gasteiger partial charge is 0.495 e. The van der Waals surface area contributed by atoms with Gasteiger partial charge in [-0.1, -0.05) is 66.7 Å². The Kier molecular flexibility index (Phi) is 7.51. The maximum atomic E-state index is 13.1. The summed E-state index contributed by atoms with van der Waals surface area (Å²) in [6, 6.07) is 21.9. The van der Waals surface area contributed by atoms with Gasteiger partial charge in [0, 0.05) is 16.8 Å². The third-order valence-corrected chi connectivity index (χ3v) is 8.06. The summed E-state index contributed by atoms with van der Waals surface area (Å²) in [6.07, 6.45) is 3.73. The zero-order valence-electron chi connectivity index (χ0n) is 21.9. The number of likely N-dealkylation sites (tertiary alicyclic amines) is 1. The first kappa shape index (κ1) is 25.5. The average molecular weight is 542 g/mol. The van der Waals surface area contributed by atoms with E-state index in [-0.39, 0.29) is 11.7 Å². The molecule has 1 N–H and O–H groups in total. The van der Waals surface area contributed by atoms with Crippen LogP contribution in [0, 0.1) is 0 Å². The highest BCUT2D eigenvalue weighted by Crippen LogP contribution is 2.36. The highest BCUT2D eigenvalue weighted by atomic mass is 32.2. The lowest BCUT2D eigenvalue weighted by molar-refractivity contribution is -0.113. The predicted molar refractivity (Wildman–Crippen MR) is 154 cm³/mol. The summed E-state index contributed by atoms with van der Waals surface area (Å²) in [5.41, 5.74) is 3.25. The summed E-state index contributed by atoms with van der Waals surface area (Å²) in [4.78, 5) is 15.5. The van der Waals surface area contributed by atoms with Crippen LogP contribution in [0.5, 0.6) is 5.75 Å². The van der Waals surface area contributed by atoms with E-state index >= 15 is 0 Å². The molecule has 0 spiro atoms. The predicted octanol–water partition coefficient (Wildman–Crippen LogP) is 5.95. The summed E-state index contributed by atoms with van der Waals surface area (Å²) in [5.74, 6) is 1.56. The molecular formula is C30H31N5O3S. The molecular weight excluding hydrogens is 510 g/mol. The molecule has 0 bridgehead atoms. The number of ether oxygens (including phenoxy) is 1. The van der Waals surface area contributed by atoms with Crippen molar-refractivity contribution in [3.63, 3.8) is 0 Å². The van der Waals surface area contributed by atoms with E-state index in [1.165, 1.54) is 36.6 Å². The molecule has 8 nitrogen and oxygen atoms in total. The van der Waals surface area contributed by atoms with Crippen LogP contribution in [0.3, 0.4) is 0 Å². The van der Waals surface area contributed by atoms with Crippen molar-refractivity contribution in [2.75, 3.05) is 31.3 Å². The second-order valence-electron chi connectivity index (χ2n) is 9.79. The summed E-state index contributed by atoms with van der Waals surface area (Å²) < 4.78 is 13.7. The van der Waals surface area contributed by atoms with Crippen LogP contribution in [0.15, 0.2) is 76.3 Å². The third-order valence-electron chi connectivity index (χ3n) is 7.10. The maximum Gasteiger partial charge on any atom is 0.234 e. The van der Waals surface area contributed by atoms with Gasteiger partial charge in [0.05, 0.1) is 31.6 Å². The van der Waals surface area contributed by atoms with E-state index in [1.54, 1.807) is 7.11 Å². The number of para-hydroxylation sites is 1. The number of anilines is 1. The monoisotopic (exact) mass is 541 g/mol. The number of aromatic nitrogens is 3. The molecule has 0 atom stereocenters. The van der Waals surface area contributed by atoms with Crippen molar-refractivity contribution >= 4 is 45.3 Å². The van der Waals surface area contributed by atoms with Crippen molar-refractivity contribution < 1.29 is 13.9 Å². The summed E-state index contributed by atoms with van der Waals surface area (Å²) in [6.45, 7) is 3.60. The Balaban J connectivity index is 1.19. The molecule has 5 aromatic rings. The standard InChI is InChI=1S/C30H31N5O3S/c1-37-27-16-23-22-12-6-7-13-25(22)38-26(23)17-24(27)31-29(36)20-39-30-33-32-28(19-34-14-8-3-9-15-34)35(30)18-21-10-4-2-5-11-21/h2,4-7,10-13,16-17H,3,8-9,14-15,18-20H2,1H3,(H,31,36). The van der Waals surface area contributed by atoms with Gasteiger partial charge in [-0.05, 0) is 43.6 Å². The van der Waals surface area contributed by atoms with Crippen LogP contribution >= 0.6 is 11.8 Å². The van der Waals surface area contributed by atoms with E-state index in [2.05, 4.69) is 37.1 Å². The van der Waals surface area contributed by atoms with E-state index in [0.29, 0.717) is 23.6 Å². The van der Waals surface area contributed by atoms with Crippen LogP contribution in [0.4, 0.5) is 5.69 Å². The Morgan fingerprint density at radius 1 is 0.949 bits per heavy atom. The minimum atomic E-state index is -0.152. The van der Waals surface area contributed by atoms with Crippen molar-refractivity contribution in [1.29, 1.82) is 0 Å². The number of hydrogen-bond donors (Lipinski definition) is 1. The molecule has 0 unspecified atom stereocenters. The van der Waals surface area contributed by atoms with Crippen LogP contribution in [-0.2, 0) is 17.9 Å². The second-order valence-corrected chi connectivity index (χ2v) is 10.7. The van der Waals surface area contributed by atoms with Gasteiger partial charge in [-0.3, -0.25) is 9.69 Å². The molecule has 1 aliphatic heterocycles. The number of furan rings is 1. The SMILES string of the molecule is COc1cc2c(cc1NC(=O)CSc1nnc(CN3CCCCC3)n1Cc1ccccc1)oc1ccccc12. The quantitative estimate of drug-likeness (QED) is 0.231. The van der Waals surface area contributed by atoms with Crippen molar-refractivity contribution in [3.05, 3.63) is 78.1 Å². The molecule has 1 amide bonds. The third kappa shape index (κ3) is 5.65. The first-order chi connectivity index (χ1) is 19.2. The number of amides is 1. The van der Waals surface area contributed by atoms with Gasteiger partial charge in [0.15, 0.2) is 5.16 Å². The molecule has 1 fully saturated rings. The van der Waals surface area contributed by atoms with Crippen LogP contribution in [0.2, 0.25) is 0 Å². The Hall–Kier alpha value is -3.82. The molecule has 1 saturated heterocycles. The van der Waals surface area contributed by atoms with Gasteiger partial charge in [-0.15, -0.1) is 10.2 Å². The molecule has 0 aliphatic carbocycles. The van der Waals surface area contributed by atoms with Crippen LogP contribution < -0.4 is 10.1 Å². The average Bonchev–Trinajstić information content (AvgIpc) is 3.52. The van der Waals surface area contributed by atoms with Crippen LogP contribution in [-0.4, -0.2) is 51.5 Å². The van der Waals surface area contributed by atoms with Gasteiger partial charge in [0.2, 0.25) is 5.91 Å². The highest BCUT2D eigenvalue weighted by Gasteiger charge is 2.20. The topological polar surface area (TPSA) is 85.4 Å². The maximum absolute atomic E-state index is 13.1. The lowest BCUT2D eigenvalue weighted by atomic mass is 10.1. The number of thioether (sulfide) groups is 1. The molecule has 6 rings (SSSR count). The highest BCUT2D eigenvalue weighted by molar-refractivity contribution is 7.99. The molecule has 0 radical (unpaired) electrons. The zero-order valence-corrected chi connectivity index (χ0v) is 22.7. The fraction of sp³-hybridized carbons (Fsp3) is 0.300. The molecule has 9 heteroatoms. The Bertz CT molecular complexity index is 1590. The lowest BCUT2D eigenvalue weighted by Gasteiger charge is -2.26. The number of fused-ring (bicyclic) bond motifs is 3. The second kappa shape index (κ2) is 11.5. The first-order valence-corrected chi connectivity index (χ1v) is 14.3. The van der Waals surface area contributed by atoms with Gasteiger partial charge in [0.25, 0.3) is 0 Å². The Morgan fingerprint density at radius 2 is 1.74 bits per heavy atom. The smallest absolute Gasteiger partial charge is 0.234 e. The number of benzene rings is 3. The minimum absolute atomic E-state index is 0.152. The van der Waals surface area contributed by atoms with Gasteiger partial charge < -0.3 is 19.0 Å². The number of nitrogens with one attached hydrogen (secondary N) is 1. The minimum Gasteiger partial charge on any atom is -0.495 e. The van der Waals surface area contributed by atoms with E-state index in [9.17, 15) is 4.79 Å². The van der Waals surface area contributed by atoms with Crippen molar-refractivity contribution in [3.8, 4) is 5.75 Å². The molecule has 200 valence electrons. The molecule has 39 heavy (non-hydrogen) atoms. The number of hydrogen-bond acceptors (Lipinski definition) is 7. The molecule has 3 aromatic carbocycles. The fourth-order valence-corrected chi connectivity index (χ4v) is 5.88. The number of carbonyl (C=O) groups is 1. The normalized spacial score (nSPS) is 14.2. The molecule has 0 saturated carbocycles.